The normalized spacial score (nSPS) is 15.0. The number of hydrogen-bond acceptors (Lipinski definition) is 8. The van der Waals surface area contributed by atoms with Crippen molar-refractivity contribution >= 4 is 27.8 Å². The molecule has 6 heterocycles. The molecule has 0 saturated carbocycles. The van der Waals surface area contributed by atoms with Gasteiger partial charge in [-0.25, -0.2) is 9.07 Å². The number of ether oxygens (including phenoxy) is 2. The van der Waals surface area contributed by atoms with Gasteiger partial charge in [0.25, 0.3) is 0 Å². The van der Waals surface area contributed by atoms with Crippen LogP contribution in [-0.2, 0) is 11.8 Å². The van der Waals surface area contributed by atoms with Gasteiger partial charge in [0.15, 0.2) is 0 Å². The lowest BCUT2D eigenvalue weighted by Gasteiger charge is -2.32. The molecule has 42 heavy (non-hydrogen) atoms. The molecule has 0 unspecified atom stereocenters. The van der Waals surface area contributed by atoms with Crippen molar-refractivity contribution in [2.45, 2.75) is 45.6 Å². The van der Waals surface area contributed by atoms with E-state index in [2.05, 4.69) is 43.8 Å². The van der Waals surface area contributed by atoms with Crippen LogP contribution in [0.5, 0.6) is 5.88 Å². The second-order valence-corrected chi connectivity index (χ2v) is 11.0. The summed E-state index contributed by atoms with van der Waals surface area (Å²) in [6.07, 6.45) is 7.18. The van der Waals surface area contributed by atoms with Crippen LogP contribution in [0.2, 0.25) is 0 Å². The molecule has 220 valence electrons. The van der Waals surface area contributed by atoms with Gasteiger partial charge in [0.2, 0.25) is 5.88 Å². The van der Waals surface area contributed by atoms with Gasteiger partial charge in [-0.3, -0.25) is 9.97 Å². The molecule has 1 saturated heterocycles. The molecule has 5 aromatic heterocycles. The monoisotopic (exact) mass is 572 g/mol. The predicted octanol–water partition coefficient (Wildman–Crippen LogP) is 5.48. The van der Waals surface area contributed by atoms with Gasteiger partial charge in [-0.05, 0) is 50.3 Å². The van der Waals surface area contributed by atoms with Gasteiger partial charge in [0.1, 0.15) is 17.2 Å². The van der Waals surface area contributed by atoms with Crippen LogP contribution in [0, 0.1) is 18.7 Å². The van der Waals surface area contributed by atoms with Crippen molar-refractivity contribution in [3.05, 3.63) is 53.9 Å². The van der Waals surface area contributed by atoms with Crippen molar-refractivity contribution in [1.82, 2.24) is 34.5 Å². The Morgan fingerprint density at radius 2 is 2.00 bits per heavy atom. The van der Waals surface area contributed by atoms with Gasteiger partial charge in [0.05, 0.1) is 46.7 Å². The van der Waals surface area contributed by atoms with E-state index in [0.717, 1.165) is 76.9 Å². The lowest BCUT2D eigenvalue weighted by molar-refractivity contribution is 0.0543. The van der Waals surface area contributed by atoms with Gasteiger partial charge in [-0.2, -0.15) is 4.98 Å². The second-order valence-electron chi connectivity index (χ2n) is 11.0. The molecular weight excluding hydrogens is 535 g/mol. The highest BCUT2D eigenvalue weighted by molar-refractivity contribution is 6.10. The van der Waals surface area contributed by atoms with E-state index in [1.54, 1.807) is 24.1 Å². The van der Waals surface area contributed by atoms with Crippen molar-refractivity contribution < 1.29 is 13.9 Å². The highest BCUT2D eigenvalue weighted by Gasteiger charge is 2.34. The van der Waals surface area contributed by atoms with Gasteiger partial charge in [-0.15, -0.1) is 5.10 Å². The summed E-state index contributed by atoms with van der Waals surface area (Å²) in [5, 5.41) is 9.26. The number of rotatable bonds is 9. The second kappa shape index (κ2) is 11.6. The number of halogens is 1. The minimum absolute atomic E-state index is 0.0890. The van der Waals surface area contributed by atoms with Crippen molar-refractivity contribution in [2.75, 3.05) is 38.8 Å². The SMILES string of the molecule is CCCCN(C)c1cc2c(c(OC)n1)c1ncc(-c3c(C)nnn3C)cc1n2[C@H](c1ncccc1F)C1CCOCC1. The fourth-order valence-corrected chi connectivity index (χ4v) is 6.21. The van der Waals surface area contributed by atoms with Crippen LogP contribution < -0.4 is 9.64 Å². The molecule has 5 aromatic rings. The van der Waals surface area contributed by atoms with E-state index >= 15 is 4.39 Å². The number of aryl methyl sites for hydroxylation is 2. The summed E-state index contributed by atoms with van der Waals surface area (Å²) < 4.78 is 31.3. The Morgan fingerprint density at radius 1 is 1.19 bits per heavy atom. The lowest BCUT2D eigenvalue weighted by atomic mass is 9.88. The molecule has 0 radical (unpaired) electrons. The Kier molecular flexibility index (Phi) is 7.76. The van der Waals surface area contributed by atoms with E-state index in [1.807, 2.05) is 27.2 Å². The van der Waals surface area contributed by atoms with Gasteiger partial charge < -0.3 is 18.9 Å². The summed E-state index contributed by atoms with van der Waals surface area (Å²) in [5.74, 6) is 1.03. The van der Waals surface area contributed by atoms with Crippen molar-refractivity contribution in [2.24, 2.45) is 13.0 Å². The standard InChI is InChI=1S/C31H37FN8O2/c1-6-7-13-38(3)25-17-23-26(31(35-25)41-5)28-24(16-21(18-34-28)29-19(2)36-37-39(29)4)40(23)30(20-10-14-42-15-11-20)27-22(32)9-8-12-33-27/h8-9,12,16-18,20,30H,6-7,10-11,13-15H2,1-5H3/t30-/m0/s1. The zero-order chi connectivity index (χ0) is 29.4. The third kappa shape index (κ3) is 4.85. The Morgan fingerprint density at radius 3 is 2.69 bits per heavy atom. The molecule has 0 aromatic carbocycles. The van der Waals surface area contributed by atoms with Crippen LogP contribution >= 0.6 is 0 Å². The number of hydrogen-bond donors (Lipinski definition) is 0. The number of aromatic nitrogens is 7. The van der Waals surface area contributed by atoms with E-state index in [4.69, 9.17) is 19.4 Å². The quantitative estimate of drug-likeness (QED) is 0.229. The van der Waals surface area contributed by atoms with E-state index in [-0.39, 0.29) is 11.7 Å². The summed E-state index contributed by atoms with van der Waals surface area (Å²) in [6.45, 7) is 6.19. The average Bonchev–Trinajstić information content (AvgIpc) is 3.52. The van der Waals surface area contributed by atoms with Crippen LogP contribution in [0.25, 0.3) is 33.2 Å². The molecule has 1 aliphatic rings. The number of anilines is 1. The van der Waals surface area contributed by atoms with Gasteiger partial charge in [0, 0.05) is 57.9 Å². The number of fused-ring (bicyclic) bond motifs is 3. The minimum atomic E-state index is -0.404. The number of nitrogens with zero attached hydrogens (tertiary/aromatic N) is 8. The Labute approximate surface area is 244 Å². The van der Waals surface area contributed by atoms with Crippen LogP contribution in [-0.4, -0.2) is 68.4 Å². The molecular formula is C31H37FN8O2. The van der Waals surface area contributed by atoms with Crippen molar-refractivity contribution in [3.8, 4) is 17.1 Å². The molecule has 0 spiro atoms. The lowest BCUT2D eigenvalue weighted by Crippen LogP contribution is -2.28. The maximum absolute atomic E-state index is 15.7. The first-order valence-electron chi connectivity index (χ1n) is 14.6. The van der Waals surface area contributed by atoms with Crippen molar-refractivity contribution in [1.29, 1.82) is 0 Å². The van der Waals surface area contributed by atoms with Crippen molar-refractivity contribution in [3.63, 3.8) is 0 Å². The molecule has 1 aliphatic heterocycles. The Hall–Kier alpha value is -4.12. The molecule has 0 bridgehead atoms. The molecule has 10 nitrogen and oxygen atoms in total. The third-order valence-electron chi connectivity index (χ3n) is 8.33. The highest BCUT2D eigenvalue weighted by atomic mass is 19.1. The first-order chi connectivity index (χ1) is 20.4. The fourth-order valence-electron chi connectivity index (χ4n) is 6.21. The number of unbranched alkanes of at least 4 members (excludes halogenated alkanes) is 1. The Bertz CT molecular complexity index is 1710. The van der Waals surface area contributed by atoms with Crippen LogP contribution in [0.3, 0.4) is 0 Å². The largest absolute Gasteiger partial charge is 0.480 e. The summed E-state index contributed by atoms with van der Waals surface area (Å²) in [6, 6.07) is 6.90. The summed E-state index contributed by atoms with van der Waals surface area (Å²) in [5.41, 5.74) is 5.41. The first-order valence-corrected chi connectivity index (χ1v) is 14.6. The maximum Gasteiger partial charge on any atom is 0.226 e. The van der Waals surface area contributed by atoms with Gasteiger partial charge >= 0.3 is 0 Å². The molecule has 6 rings (SSSR count). The van der Waals surface area contributed by atoms with Crippen LogP contribution in [0.1, 0.15) is 50.0 Å². The molecule has 1 atom stereocenters. The topological polar surface area (TPSA) is 96.0 Å². The maximum atomic E-state index is 15.7. The third-order valence-corrected chi connectivity index (χ3v) is 8.33. The summed E-state index contributed by atoms with van der Waals surface area (Å²) >= 11 is 0. The molecule has 11 heteroatoms. The van der Waals surface area contributed by atoms with E-state index in [9.17, 15) is 0 Å². The zero-order valence-corrected chi connectivity index (χ0v) is 24.8. The number of methoxy groups -OCH3 is 1. The van der Waals surface area contributed by atoms with E-state index < -0.39 is 6.04 Å². The number of pyridine rings is 3. The van der Waals surface area contributed by atoms with Gasteiger partial charge in [-0.1, -0.05) is 18.6 Å². The Balaban J connectivity index is 1.71. The molecule has 0 aliphatic carbocycles. The molecule has 0 amide bonds. The van der Waals surface area contributed by atoms with Crippen LogP contribution in [0.4, 0.5) is 10.2 Å². The predicted molar refractivity (Wildman–Crippen MR) is 160 cm³/mol. The minimum Gasteiger partial charge on any atom is -0.480 e. The van der Waals surface area contributed by atoms with Crippen LogP contribution in [0.15, 0.2) is 36.7 Å². The van der Waals surface area contributed by atoms with E-state index in [1.165, 1.54) is 6.07 Å². The smallest absolute Gasteiger partial charge is 0.226 e. The zero-order valence-electron chi connectivity index (χ0n) is 24.8. The summed E-state index contributed by atoms with van der Waals surface area (Å²) in [7, 11) is 5.54. The molecule has 1 fully saturated rings. The first kappa shape index (κ1) is 28.0. The highest BCUT2D eigenvalue weighted by Crippen LogP contribution is 2.44. The molecule has 0 N–H and O–H groups in total. The summed E-state index contributed by atoms with van der Waals surface area (Å²) in [4.78, 5) is 16.7. The van der Waals surface area contributed by atoms with E-state index in [0.29, 0.717) is 24.8 Å². The fraction of sp³-hybridized carbons (Fsp3) is 0.452. The average molecular weight is 573 g/mol.